The fraction of sp³-hybridized carbons (Fsp3) is 0.353. The van der Waals surface area contributed by atoms with Crippen LogP contribution in [0.5, 0.6) is 17.2 Å². The number of carbonyl (C=O) groups is 2. The Kier molecular flexibility index (Phi) is 9.44. The van der Waals surface area contributed by atoms with Gasteiger partial charge in [-0.15, -0.1) is 0 Å². The number of halogens is 1. The third-order valence-corrected chi connectivity index (χ3v) is 8.72. The van der Waals surface area contributed by atoms with Crippen LogP contribution in [0.3, 0.4) is 0 Å². The van der Waals surface area contributed by atoms with Crippen LogP contribution < -0.4 is 14.2 Å². The molecule has 1 saturated heterocycles. The fourth-order valence-corrected chi connectivity index (χ4v) is 6.20. The van der Waals surface area contributed by atoms with E-state index in [1.807, 2.05) is 47.4 Å². The molecule has 11 heteroatoms. The molecule has 236 valence electrons. The summed E-state index contributed by atoms with van der Waals surface area (Å²) in [6.07, 6.45) is 0.189. The number of nitrogens with zero attached hydrogens (tertiary/aromatic N) is 3. The van der Waals surface area contributed by atoms with E-state index in [1.54, 1.807) is 43.4 Å². The molecule has 4 aromatic rings. The lowest BCUT2D eigenvalue weighted by molar-refractivity contribution is -0.135. The fourth-order valence-electron chi connectivity index (χ4n) is 6.03. The molecule has 3 aromatic carbocycles. The average molecular weight is 633 g/mol. The highest BCUT2D eigenvalue weighted by Crippen LogP contribution is 2.40. The zero-order chi connectivity index (χ0) is 31.3. The maximum atomic E-state index is 13.6. The van der Waals surface area contributed by atoms with Crippen LogP contribution in [0.1, 0.15) is 22.9 Å². The van der Waals surface area contributed by atoms with E-state index in [2.05, 4.69) is 9.88 Å². The Hall–Kier alpha value is -4.25. The number of piperazine rings is 1. The Morgan fingerprint density at radius 2 is 1.60 bits per heavy atom. The molecule has 3 heterocycles. The summed E-state index contributed by atoms with van der Waals surface area (Å²) in [7, 11) is 3.29. The van der Waals surface area contributed by atoms with E-state index < -0.39 is 12.1 Å². The summed E-state index contributed by atoms with van der Waals surface area (Å²) in [4.78, 5) is 35.9. The van der Waals surface area contributed by atoms with Gasteiger partial charge in [-0.1, -0.05) is 23.7 Å². The van der Waals surface area contributed by atoms with Crippen molar-refractivity contribution < 1.29 is 28.5 Å². The first-order valence-electron chi connectivity index (χ1n) is 15.1. The van der Waals surface area contributed by atoms with Crippen LogP contribution in [0.25, 0.3) is 10.9 Å². The zero-order valence-electron chi connectivity index (χ0n) is 25.5. The molecule has 0 saturated carbocycles. The first-order chi connectivity index (χ1) is 21.9. The predicted molar refractivity (Wildman–Crippen MR) is 171 cm³/mol. The van der Waals surface area contributed by atoms with Gasteiger partial charge in [-0.25, -0.2) is 4.79 Å². The van der Waals surface area contributed by atoms with E-state index in [0.29, 0.717) is 54.9 Å². The van der Waals surface area contributed by atoms with Gasteiger partial charge in [0.15, 0.2) is 6.61 Å². The van der Waals surface area contributed by atoms with Crippen molar-refractivity contribution in [3.8, 4) is 17.2 Å². The largest absolute Gasteiger partial charge is 0.497 e. The number of aromatic nitrogens is 1. The maximum absolute atomic E-state index is 13.6. The summed E-state index contributed by atoms with van der Waals surface area (Å²) in [6, 6.07) is 19.8. The molecular formula is C34H37ClN4O6. The summed E-state index contributed by atoms with van der Waals surface area (Å²) in [5.74, 6) is 1.65. The minimum absolute atomic E-state index is 0.0336. The van der Waals surface area contributed by atoms with E-state index in [9.17, 15) is 9.59 Å². The van der Waals surface area contributed by atoms with Gasteiger partial charge in [-0.05, 0) is 72.1 Å². The van der Waals surface area contributed by atoms with Crippen LogP contribution in [0, 0.1) is 0 Å². The van der Waals surface area contributed by atoms with Crippen molar-refractivity contribution in [2.75, 3.05) is 66.7 Å². The van der Waals surface area contributed by atoms with Crippen molar-refractivity contribution in [1.29, 1.82) is 0 Å². The number of amides is 2. The number of carbonyl (C=O) groups excluding carboxylic acids is 2. The van der Waals surface area contributed by atoms with Crippen molar-refractivity contribution in [1.82, 2.24) is 19.7 Å². The Labute approximate surface area is 267 Å². The number of fused-ring (bicyclic) bond motifs is 3. The predicted octanol–water partition coefficient (Wildman–Crippen LogP) is 5.15. The Bertz CT molecular complexity index is 1630. The van der Waals surface area contributed by atoms with Gasteiger partial charge in [0.1, 0.15) is 23.3 Å². The van der Waals surface area contributed by atoms with Crippen LogP contribution in [0.2, 0.25) is 5.02 Å². The monoisotopic (exact) mass is 632 g/mol. The topological polar surface area (TPSA) is 96.6 Å². The molecule has 45 heavy (non-hydrogen) atoms. The molecule has 6 rings (SSSR count). The first-order valence-corrected chi connectivity index (χ1v) is 15.5. The molecule has 0 spiro atoms. The molecule has 1 aromatic heterocycles. The highest BCUT2D eigenvalue weighted by Gasteiger charge is 2.36. The molecule has 1 fully saturated rings. The number of aromatic amines is 1. The number of hydrogen-bond donors (Lipinski definition) is 1. The van der Waals surface area contributed by atoms with E-state index >= 15 is 0 Å². The second-order valence-corrected chi connectivity index (χ2v) is 11.6. The minimum Gasteiger partial charge on any atom is -0.497 e. The van der Waals surface area contributed by atoms with Crippen molar-refractivity contribution in [2.45, 2.75) is 12.5 Å². The average Bonchev–Trinajstić information content (AvgIpc) is 3.44. The van der Waals surface area contributed by atoms with Crippen LogP contribution in [0.4, 0.5) is 4.79 Å². The van der Waals surface area contributed by atoms with Gasteiger partial charge in [0, 0.05) is 68.0 Å². The van der Waals surface area contributed by atoms with Crippen LogP contribution in [-0.4, -0.2) is 98.4 Å². The van der Waals surface area contributed by atoms with Crippen molar-refractivity contribution >= 4 is 34.5 Å². The SMILES string of the molecule is COCCN1CCN(C(=O)COc2ccc(C3c4[nH]c5ccc(Cl)cc5c4CCN3C(=O)Oc3ccc(OC)cc3)cc2)CC1. The van der Waals surface area contributed by atoms with Crippen LogP contribution in [0.15, 0.2) is 66.7 Å². The summed E-state index contributed by atoms with van der Waals surface area (Å²) in [5.41, 5.74) is 3.88. The Morgan fingerprint density at radius 3 is 2.31 bits per heavy atom. The Balaban J connectivity index is 1.18. The minimum atomic E-state index is -0.458. The molecule has 0 aliphatic carbocycles. The van der Waals surface area contributed by atoms with Gasteiger partial charge in [-0.3, -0.25) is 14.6 Å². The molecule has 1 atom stereocenters. The maximum Gasteiger partial charge on any atom is 0.416 e. The molecule has 1 N–H and O–H groups in total. The third kappa shape index (κ3) is 6.88. The number of nitrogens with one attached hydrogen (secondary N) is 1. The number of H-pyrrole nitrogens is 1. The van der Waals surface area contributed by atoms with Gasteiger partial charge >= 0.3 is 6.09 Å². The van der Waals surface area contributed by atoms with E-state index in [1.165, 1.54) is 0 Å². The summed E-state index contributed by atoms with van der Waals surface area (Å²) >= 11 is 6.35. The molecule has 10 nitrogen and oxygen atoms in total. The lowest BCUT2D eigenvalue weighted by Crippen LogP contribution is -2.50. The summed E-state index contributed by atoms with van der Waals surface area (Å²) < 4.78 is 22.1. The van der Waals surface area contributed by atoms with E-state index in [-0.39, 0.29) is 12.5 Å². The van der Waals surface area contributed by atoms with Gasteiger partial charge in [0.2, 0.25) is 0 Å². The lowest BCUT2D eigenvalue weighted by Gasteiger charge is -2.35. The third-order valence-electron chi connectivity index (χ3n) is 8.48. The highest BCUT2D eigenvalue weighted by molar-refractivity contribution is 6.31. The highest BCUT2D eigenvalue weighted by atomic mass is 35.5. The number of benzene rings is 3. The van der Waals surface area contributed by atoms with Crippen LogP contribution >= 0.6 is 11.6 Å². The quantitative estimate of drug-likeness (QED) is 0.273. The molecule has 2 aliphatic heterocycles. The summed E-state index contributed by atoms with van der Waals surface area (Å²) in [6.45, 7) is 4.97. The second kappa shape index (κ2) is 13.8. The standard InChI is InChI=1S/C34H37ClN4O6/c1-42-20-19-37-15-17-38(18-16-37)31(40)22-44-26-6-3-23(4-7-26)33-32-28(29-21-24(35)5-12-30(29)36-32)13-14-39(33)34(41)45-27-10-8-25(43-2)9-11-27/h3-12,21,33,36H,13-20,22H2,1-2H3. The molecule has 0 bridgehead atoms. The van der Waals surface area contributed by atoms with E-state index in [4.69, 9.17) is 30.5 Å². The van der Waals surface area contributed by atoms with Crippen molar-refractivity contribution in [3.05, 3.63) is 88.6 Å². The van der Waals surface area contributed by atoms with Gasteiger partial charge in [0.05, 0.1) is 13.7 Å². The summed E-state index contributed by atoms with van der Waals surface area (Å²) in [5, 5.41) is 1.70. The Morgan fingerprint density at radius 1 is 0.889 bits per heavy atom. The smallest absolute Gasteiger partial charge is 0.416 e. The normalized spacial score (nSPS) is 16.8. The van der Waals surface area contributed by atoms with Gasteiger partial charge in [0.25, 0.3) is 5.91 Å². The number of methoxy groups -OCH3 is 2. The zero-order valence-corrected chi connectivity index (χ0v) is 26.2. The first kappa shape index (κ1) is 30.8. The number of rotatable bonds is 9. The molecule has 1 unspecified atom stereocenters. The molecular weight excluding hydrogens is 596 g/mol. The van der Waals surface area contributed by atoms with Crippen LogP contribution in [-0.2, 0) is 16.0 Å². The van der Waals surface area contributed by atoms with Crippen molar-refractivity contribution in [3.63, 3.8) is 0 Å². The van der Waals surface area contributed by atoms with Gasteiger partial charge in [-0.2, -0.15) is 0 Å². The molecule has 2 aliphatic rings. The number of ether oxygens (including phenoxy) is 4. The van der Waals surface area contributed by atoms with Crippen molar-refractivity contribution in [2.24, 2.45) is 0 Å². The molecule has 0 radical (unpaired) electrons. The molecule has 2 amide bonds. The lowest BCUT2D eigenvalue weighted by atomic mass is 9.92. The second-order valence-electron chi connectivity index (χ2n) is 11.2. The number of hydrogen-bond acceptors (Lipinski definition) is 7. The van der Waals surface area contributed by atoms with Gasteiger partial charge < -0.3 is 28.8 Å². The van der Waals surface area contributed by atoms with E-state index in [0.717, 1.165) is 47.4 Å².